The Bertz CT molecular complexity index is 185. The first-order valence-corrected chi connectivity index (χ1v) is 5.16. The van der Waals surface area contributed by atoms with Gasteiger partial charge in [0.15, 0.2) is 0 Å². The smallest absolute Gasteiger partial charge is 0.258 e. The molecule has 0 aliphatic carbocycles. The SMILES string of the molecule is CC(NC(=O)C1CSCN1)C(F)F. The highest BCUT2D eigenvalue weighted by molar-refractivity contribution is 7.99. The number of nitrogens with one attached hydrogen (secondary N) is 2. The van der Waals surface area contributed by atoms with E-state index in [-0.39, 0.29) is 11.9 Å². The lowest BCUT2D eigenvalue weighted by molar-refractivity contribution is -0.124. The summed E-state index contributed by atoms with van der Waals surface area (Å²) in [6, 6.07) is -1.38. The topological polar surface area (TPSA) is 41.1 Å². The Morgan fingerprint density at radius 3 is 2.85 bits per heavy atom. The first-order valence-electron chi connectivity index (χ1n) is 4.01. The van der Waals surface area contributed by atoms with Crippen LogP contribution in [0.5, 0.6) is 0 Å². The van der Waals surface area contributed by atoms with E-state index in [0.717, 1.165) is 0 Å². The molecule has 3 nitrogen and oxygen atoms in total. The Morgan fingerprint density at radius 1 is 1.69 bits per heavy atom. The predicted molar refractivity (Wildman–Crippen MR) is 47.9 cm³/mol. The molecule has 6 heteroatoms. The Labute approximate surface area is 79.6 Å². The van der Waals surface area contributed by atoms with Crippen LogP contribution in [0, 0.1) is 0 Å². The van der Waals surface area contributed by atoms with E-state index in [9.17, 15) is 13.6 Å². The van der Waals surface area contributed by atoms with Gasteiger partial charge in [-0.25, -0.2) is 8.78 Å². The number of carbonyl (C=O) groups is 1. The van der Waals surface area contributed by atoms with Crippen LogP contribution in [0.3, 0.4) is 0 Å². The molecule has 0 bridgehead atoms. The number of thioether (sulfide) groups is 1. The highest BCUT2D eigenvalue weighted by atomic mass is 32.2. The predicted octanol–water partition coefficient (Wildman–Crippen LogP) is 0.419. The van der Waals surface area contributed by atoms with Gasteiger partial charge in [-0.2, -0.15) is 0 Å². The second-order valence-corrected chi connectivity index (χ2v) is 3.93. The standard InChI is InChI=1S/C7H12F2N2OS/c1-4(6(8)9)11-7(12)5-2-13-3-10-5/h4-6,10H,2-3H2,1H3,(H,11,12). The molecule has 1 amide bonds. The van der Waals surface area contributed by atoms with Crippen molar-refractivity contribution in [3.8, 4) is 0 Å². The summed E-state index contributed by atoms with van der Waals surface area (Å²) >= 11 is 1.59. The first kappa shape index (κ1) is 10.7. The Kier molecular flexibility index (Phi) is 3.92. The van der Waals surface area contributed by atoms with Gasteiger partial charge in [0, 0.05) is 11.6 Å². The maximum absolute atomic E-state index is 12.0. The average molecular weight is 210 g/mol. The molecule has 0 spiro atoms. The van der Waals surface area contributed by atoms with Gasteiger partial charge in [-0.3, -0.25) is 10.1 Å². The van der Waals surface area contributed by atoms with E-state index in [2.05, 4.69) is 10.6 Å². The van der Waals surface area contributed by atoms with Crippen LogP contribution in [0.25, 0.3) is 0 Å². The van der Waals surface area contributed by atoms with Crippen LogP contribution in [-0.2, 0) is 4.79 Å². The van der Waals surface area contributed by atoms with Gasteiger partial charge in [0.05, 0.1) is 12.1 Å². The third-order valence-corrected chi connectivity index (χ3v) is 2.72. The molecule has 0 radical (unpaired) electrons. The minimum absolute atomic E-state index is 0.314. The Balaban J connectivity index is 2.31. The second kappa shape index (κ2) is 4.76. The van der Waals surface area contributed by atoms with E-state index in [4.69, 9.17) is 0 Å². The zero-order chi connectivity index (χ0) is 9.84. The van der Waals surface area contributed by atoms with Crippen molar-refractivity contribution in [3.63, 3.8) is 0 Å². The molecule has 76 valence electrons. The molecule has 1 saturated heterocycles. The molecule has 1 rings (SSSR count). The van der Waals surface area contributed by atoms with Gasteiger partial charge in [0.25, 0.3) is 6.43 Å². The van der Waals surface area contributed by atoms with Crippen LogP contribution in [-0.4, -0.2) is 36.0 Å². The van der Waals surface area contributed by atoms with E-state index < -0.39 is 12.5 Å². The van der Waals surface area contributed by atoms with Gasteiger partial charge >= 0.3 is 0 Å². The van der Waals surface area contributed by atoms with E-state index >= 15 is 0 Å². The van der Waals surface area contributed by atoms with Crippen LogP contribution in [0.1, 0.15) is 6.92 Å². The lowest BCUT2D eigenvalue weighted by atomic mass is 10.3. The van der Waals surface area contributed by atoms with Crippen molar-refractivity contribution in [2.45, 2.75) is 25.4 Å². The van der Waals surface area contributed by atoms with Gasteiger partial charge < -0.3 is 5.32 Å². The Morgan fingerprint density at radius 2 is 2.38 bits per heavy atom. The number of alkyl halides is 2. The minimum Gasteiger partial charge on any atom is -0.347 e. The molecule has 0 aromatic rings. The summed E-state index contributed by atoms with van der Waals surface area (Å²) in [6.07, 6.45) is -2.50. The molecular formula is C7H12F2N2OS. The minimum atomic E-state index is -2.50. The van der Waals surface area contributed by atoms with Crippen molar-refractivity contribution >= 4 is 17.7 Å². The van der Waals surface area contributed by atoms with E-state index in [0.29, 0.717) is 11.6 Å². The largest absolute Gasteiger partial charge is 0.347 e. The lowest BCUT2D eigenvalue weighted by Crippen LogP contribution is -2.47. The summed E-state index contributed by atoms with van der Waals surface area (Å²) < 4.78 is 24.1. The number of halogens is 2. The zero-order valence-corrected chi connectivity index (χ0v) is 8.04. The maximum atomic E-state index is 12.0. The number of hydrogen-bond acceptors (Lipinski definition) is 3. The summed E-state index contributed by atoms with van der Waals surface area (Å²) in [4.78, 5) is 11.2. The molecule has 2 N–H and O–H groups in total. The number of amides is 1. The molecule has 1 heterocycles. The van der Waals surface area contributed by atoms with Crippen molar-refractivity contribution < 1.29 is 13.6 Å². The summed E-state index contributed by atoms with van der Waals surface area (Å²) in [6.45, 7) is 1.30. The summed E-state index contributed by atoms with van der Waals surface area (Å²) in [5.74, 6) is 1.03. The molecule has 0 saturated carbocycles. The lowest BCUT2D eigenvalue weighted by Gasteiger charge is -2.15. The number of carbonyl (C=O) groups excluding carboxylic acids is 1. The van der Waals surface area contributed by atoms with Crippen LogP contribution < -0.4 is 10.6 Å². The molecule has 2 unspecified atom stereocenters. The molecule has 1 aliphatic heterocycles. The monoisotopic (exact) mass is 210 g/mol. The normalized spacial score (nSPS) is 24.8. The van der Waals surface area contributed by atoms with Gasteiger partial charge in [-0.15, -0.1) is 11.8 Å². The first-order chi connectivity index (χ1) is 6.11. The van der Waals surface area contributed by atoms with Gasteiger partial charge in [-0.05, 0) is 6.92 Å². The number of hydrogen-bond donors (Lipinski definition) is 2. The third-order valence-electron chi connectivity index (χ3n) is 1.78. The molecule has 2 atom stereocenters. The van der Waals surface area contributed by atoms with Crippen molar-refractivity contribution in [1.29, 1.82) is 0 Å². The molecule has 13 heavy (non-hydrogen) atoms. The average Bonchev–Trinajstić information content (AvgIpc) is 2.55. The third kappa shape index (κ3) is 3.11. The fraction of sp³-hybridized carbons (Fsp3) is 0.857. The van der Waals surface area contributed by atoms with Gasteiger partial charge in [0.1, 0.15) is 0 Å². The fourth-order valence-corrected chi connectivity index (χ4v) is 1.89. The quantitative estimate of drug-likeness (QED) is 0.709. The van der Waals surface area contributed by atoms with Crippen LogP contribution in [0.15, 0.2) is 0 Å². The van der Waals surface area contributed by atoms with E-state index in [1.165, 1.54) is 6.92 Å². The highest BCUT2D eigenvalue weighted by Crippen LogP contribution is 2.10. The number of rotatable bonds is 3. The van der Waals surface area contributed by atoms with Crippen molar-refractivity contribution in [3.05, 3.63) is 0 Å². The second-order valence-electron chi connectivity index (χ2n) is 2.90. The van der Waals surface area contributed by atoms with Crippen molar-refractivity contribution in [2.24, 2.45) is 0 Å². The van der Waals surface area contributed by atoms with Gasteiger partial charge in [0.2, 0.25) is 5.91 Å². The van der Waals surface area contributed by atoms with E-state index in [1.54, 1.807) is 11.8 Å². The molecule has 0 aromatic heterocycles. The zero-order valence-electron chi connectivity index (χ0n) is 7.22. The summed E-state index contributed by atoms with van der Waals surface area (Å²) in [7, 11) is 0. The molecule has 1 fully saturated rings. The highest BCUT2D eigenvalue weighted by Gasteiger charge is 2.25. The molecule has 1 aliphatic rings. The van der Waals surface area contributed by atoms with Crippen molar-refractivity contribution in [2.75, 3.05) is 11.6 Å². The van der Waals surface area contributed by atoms with Crippen LogP contribution in [0.2, 0.25) is 0 Å². The van der Waals surface area contributed by atoms with Crippen molar-refractivity contribution in [1.82, 2.24) is 10.6 Å². The Hall–Kier alpha value is -0.360. The summed E-state index contributed by atoms with van der Waals surface area (Å²) in [5.41, 5.74) is 0. The molecular weight excluding hydrogens is 198 g/mol. The fourth-order valence-electron chi connectivity index (χ4n) is 0.952. The van der Waals surface area contributed by atoms with Crippen LogP contribution in [0.4, 0.5) is 8.78 Å². The van der Waals surface area contributed by atoms with E-state index in [1.807, 2.05) is 0 Å². The summed E-state index contributed by atoms with van der Waals surface area (Å²) in [5, 5.41) is 5.16. The molecule has 0 aromatic carbocycles. The maximum Gasteiger partial charge on any atom is 0.258 e. The van der Waals surface area contributed by atoms with Crippen LogP contribution >= 0.6 is 11.8 Å². The van der Waals surface area contributed by atoms with Gasteiger partial charge in [-0.1, -0.05) is 0 Å².